The Balaban J connectivity index is 1.15. The minimum Gasteiger partial charge on any atom is -0.491 e. The summed E-state index contributed by atoms with van der Waals surface area (Å²) < 4.78 is 58.1. The lowest BCUT2D eigenvalue weighted by molar-refractivity contribution is -0.274. The van der Waals surface area contributed by atoms with Crippen molar-refractivity contribution in [1.29, 1.82) is 0 Å². The van der Waals surface area contributed by atoms with E-state index in [4.69, 9.17) is 13.9 Å². The smallest absolute Gasteiger partial charge is 0.491 e. The highest BCUT2D eigenvalue weighted by atomic mass is 19.4. The van der Waals surface area contributed by atoms with Crippen molar-refractivity contribution in [3.05, 3.63) is 83.7 Å². The van der Waals surface area contributed by atoms with Crippen LogP contribution in [0.3, 0.4) is 0 Å². The van der Waals surface area contributed by atoms with Crippen LogP contribution in [0.4, 0.5) is 18.9 Å². The van der Waals surface area contributed by atoms with Gasteiger partial charge in [-0.25, -0.2) is 4.98 Å². The van der Waals surface area contributed by atoms with Gasteiger partial charge in [0.25, 0.3) is 0 Å². The van der Waals surface area contributed by atoms with E-state index >= 15 is 0 Å². The van der Waals surface area contributed by atoms with Crippen LogP contribution < -0.4 is 19.7 Å². The number of halogens is 3. The number of hydrogen-bond acceptors (Lipinski definition) is 7. The lowest BCUT2D eigenvalue weighted by Crippen LogP contribution is -2.21. The molecule has 0 fully saturated rings. The molecular formula is C29H30F3N3O4. The Bertz CT molecular complexity index is 1370. The maximum Gasteiger partial charge on any atom is 0.573 e. The number of ether oxygens (including phenoxy) is 3. The Labute approximate surface area is 224 Å². The fourth-order valence-corrected chi connectivity index (χ4v) is 3.69. The SMILES string of the molecule is CN(C)c1ccc(/C=C/c2nc3ccc(OCCOCCNCc4cccc(OC(F)(F)F)c4)cc3o2)cc1. The Morgan fingerprint density at radius 2 is 1.74 bits per heavy atom. The summed E-state index contributed by atoms with van der Waals surface area (Å²) in [6, 6.07) is 19.5. The second-order valence-corrected chi connectivity index (χ2v) is 8.83. The zero-order valence-electron chi connectivity index (χ0n) is 21.7. The van der Waals surface area contributed by atoms with Gasteiger partial charge in [-0.15, -0.1) is 13.2 Å². The number of benzene rings is 3. The Kier molecular flexibility index (Phi) is 9.45. The van der Waals surface area contributed by atoms with Crippen LogP contribution >= 0.6 is 0 Å². The Hall–Kier alpha value is -4.02. The first-order chi connectivity index (χ1) is 18.7. The van der Waals surface area contributed by atoms with Gasteiger partial charge in [0.2, 0.25) is 5.89 Å². The topological polar surface area (TPSA) is 69.0 Å². The third-order valence-electron chi connectivity index (χ3n) is 5.59. The minimum atomic E-state index is -4.71. The molecule has 39 heavy (non-hydrogen) atoms. The quantitative estimate of drug-likeness (QED) is 0.204. The maximum atomic E-state index is 12.3. The van der Waals surface area contributed by atoms with Gasteiger partial charge in [-0.05, 0) is 53.6 Å². The van der Waals surface area contributed by atoms with Crippen LogP contribution in [0.5, 0.6) is 11.5 Å². The summed E-state index contributed by atoms with van der Waals surface area (Å²) in [6.45, 7) is 2.09. The molecule has 4 rings (SSSR count). The second kappa shape index (κ2) is 13.2. The zero-order valence-corrected chi connectivity index (χ0v) is 21.7. The van der Waals surface area contributed by atoms with Crippen LogP contribution in [0.25, 0.3) is 23.3 Å². The van der Waals surface area contributed by atoms with Crippen molar-refractivity contribution in [2.45, 2.75) is 12.9 Å². The summed E-state index contributed by atoms with van der Waals surface area (Å²) in [7, 11) is 4.00. The van der Waals surface area contributed by atoms with Crippen molar-refractivity contribution in [3.8, 4) is 11.5 Å². The molecule has 0 saturated carbocycles. The van der Waals surface area contributed by atoms with Crippen LogP contribution in [-0.4, -0.2) is 51.8 Å². The van der Waals surface area contributed by atoms with Crippen LogP contribution in [0.1, 0.15) is 17.0 Å². The molecule has 0 aliphatic heterocycles. The third-order valence-corrected chi connectivity index (χ3v) is 5.59. The molecule has 7 nitrogen and oxygen atoms in total. The van der Waals surface area contributed by atoms with Gasteiger partial charge >= 0.3 is 6.36 Å². The largest absolute Gasteiger partial charge is 0.573 e. The normalized spacial score (nSPS) is 11.8. The monoisotopic (exact) mass is 541 g/mol. The van der Waals surface area contributed by atoms with Gasteiger partial charge in [0.15, 0.2) is 5.58 Å². The van der Waals surface area contributed by atoms with E-state index in [1.54, 1.807) is 12.1 Å². The van der Waals surface area contributed by atoms with Crippen LogP contribution in [0.15, 0.2) is 71.1 Å². The summed E-state index contributed by atoms with van der Waals surface area (Å²) >= 11 is 0. The van der Waals surface area contributed by atoms with Gasteiger partial charge in [-0.1, -0.05) is 24.3 Å². The maximum absolute atomic E-state index is 12.3. The fourth-order valence-electron chi connectivity index (χ4n) is 3.69. The molecule has 1 heterocycles. The van der Waals surface area contributed by atoms with E-state index in [1.165, 1.54) is 18.2 Å². The predicted molar refractivity (Wildman–Crippen MR) is 145 cm³/mol. The average molecular weight is 542 g/mol. The van der Waals surface area contributed by atoms with Gasteiger partial charge in [0, 0.05) is 45.0 Å². The van der Waals surface area contributed by atoms with E-state index in [1.807, 2.05) is 55.4 Å². The van der Waals surface area contributed by atoms with Gasteiger partial charge in [0.05, 0.1) is 13.2 Å². The Morgan fingerprint density at radius 3 is 2.51 bits per heavy atom. The predicted octanol–water partition coefficient (Wildman–Crippen LogP) is 6.15. The molecule has 1 N–H and O–H groups in total. The van der Waals surface area contributed by atoms with Crippen molar-refractivity contribution >= 4 is 28.9 Å². The van der Waals surface area contributed by atoms with Gasteiger partial charge in [-0.3, -0.25) is 0 Å². The lowest BCUT2D eigenvalue weighted by atomic mass is 10.2. The third kappa shape index (κ3) is 9.05. The molecule has 0 atom stereocenters. The summed E-state index contributed by atoms with van der Waals surface area (Å²) in [6.07, 6.45) is -0.921. The van der Waals surface area contributed by atoms with E-state index in [0.29, 0.717) is 55.7 Å². The first-order valence-corrected chi connectivity index (χ1v) is 12.4. The lowest BCUT2D eigenvalue weighted by Gasteiger charge is -2.11. The summed E-state index contributed by atoms with van der Waals surface area (Å²) in [5.41, 5.74) is 4.23. The summed E-state index contributed by atoms with van der Waals surface area (Å²) in [5, 5.41) is 3.12. The van der Waals surface area contributed by atoms with Gasteiger partial charge in [-0.2, -0.15) is 0 Å². The molecule has 0 radical (unpaired) electrons. The van der Waals surface area contributed by atoms with Crippen molar-refractivity contribution < 1.29 is 31.8 Å². The van der Waals surface area contributed by atoms with Crippen LogP contribution in [-0.2, 0) is 11.3 Å². The molecule has 0 bridgehead atoms. The van der Waals surface area contributed by atoms with Gasteiger partial charge < -0.3 is 28.8 Å². The number of oxazole rings is 1. The molecule has 1 aromatic heterocycles. The van der Waals surface area contributed by atoms with E-state index in [-0.39, 0.29) is 5.75 Å². The average Bonchev–Trinajstić information content (AvgIpc) is 3.31. The molecule has 3 aromatic carbocycles. The van der Waals surface area contributed by atoms with Crippen molar-refractivity contribution in [3.63, 3.8) is 0 Å². The number of aromatic nitrogens is 1. The number of anilines is 1. The molecule has 0 unspecified atom stereocenters. The molecule has 0 aliphatic rings. The fraction of sp³-hybridized carbons (Fsp3) is 0.276. The molecule has 0 amide bonds. The molecule has 0 saturated heterocycles. The highest BCUT2D eigenvalue weighted by Crippen LogP contribution is 2.24. The highest BCUT2D eigenvalue weighted by molar-refractivity contribution is 5.77. The zero-order chi connectivity index (χ0) is 27.7. The van der Waals surface area contributed by atoms with E-state index in [2.05, 4.69) is 27.2 Å². The number of hydrogen-bond donors (Lipinski definition) is 1. The molecule has 206 valence electrons. The van der Waals surface area contributed by atoms with Crippen LogP contribution in [0, 0.1) is 0 Å². The van der Waals surface area contributed by atoms with E-state index in [0.717, 1.165) is 16.8 Å². The number of alkyl halides is 3. The second-order valence-electron chi connectivity index (χ2n) is 8.83. The molecule has 4 aromatic rings. The van der Waals surface area contributed by atoms with Crippen molar-refractivity contribution in [1.82, 2.24) is 10.3 Å². The number of nitrogens with one attached hydrogen (secondary N) is 1. The van der Waals surface area contributed by atoms with E-state index in [9.17, 15) is 13.2 Å². The summed E-state index contributed by atoms with van der Waals surface area (Å²) in [5.74, 6) is 0.919. The first kappa shape index (κ1) is 28.0. The first-order valence-electron chi connectivity index (χ1n) is 12.4. The molecule has 10 heteroatoms. The number of nitrogens with zero attached hydrogens (tertiary/aromatic N) is 2. The highest BCUT2D eigenvalue weighted by Gasteiger charge is 2.31. The molecule has 0 spiro atoms. The van der Waals surface area contributed by atoms with Crippen LogP contribution in [0.2, 0.25) is 0 Å². The van der Waals surface area contributed by atoms with E-state index < -0.39 is 6.36 Å². The Morgan fingerprint density at radius 1 is 0.923 bits per heavy atom. The summed E-state index contributed by atoms with van der Waals surface area (Å²) in [4.78, 5) is 6.54. The standard InChI is InChI=1S/C29H30F3N3O4/c1-35(2)23-9-6-21(7-10-23)8-13-28-34-26-12-11-24(19-27(26)38-28)37-17-16-36-15-14-33-20-22-4-3-5-25(18-22)39-29(30,31)32/h3-13,18-19,33H,14-17,20H2,1-2H3/b13-8+. The number of fused-ring (bicyclic) bond motifs is 1. The van der Waals surface area contributed by atoms with Gasteiger partial charge in [0.1, 0.15) is 23.6 Å². The molecule has 0 aliphatic carbocycles. The number of rotatable bonds is 13. The minimum absolute atomic E-state index is 0.239. The van der Waals surface area contributed by atoms with Crippen molar-refractivity contribution in [2.75, 3.05) is 45.4 Å². The molecular weight excluding hydrogens is 511 g/mol. The van der Waals surface area contributed by atoms with Crippen molar-refractivity contribution in [2.24, 2.45) is 0 Å².